The van der Waals surface area contributed by atoms with Crippen LogP contribution in [0.25, 0.3) is 22.2 Å². The van der Waals surface area contributed by atoms with Crippen LogP contribution in [-0.2, 0) is 4.79 Å². The number of H-pyrrole nitrogens is 1. The Kier molecular flexibility index (Phi) is 5.76. The highest BCUT2D eigenvalue weighted by atomic mass is 32.2. The smallest absolute Gasteiger partial charge is 0.234 e. The molecule has 0 spiro atoms. The van der Waals surface area contributed by atoms with E-state index in [1.54, 1.807) is 0 Å². The quantitative estimate of drug-likeness (QED) is 0.434. The molecule has 0 aliphatic heterocycles. The number of thioether (sulfide) groups is 1. The van der Waals surface area contributed by atoms with Gasteiger partial charge in [0.2, 0.25) is 11.1 Å². The van der Waals surface area contributed by atoms with Crippen molar-refractivity contribution in [1.82, 2.24) is 15.2 Å². The molecule has 7 heteroatoms. The number of aromatic nitrogens is 3. The number of anilines is 1. The van der Waals surface area contributed by atoms with Crippen LogP contribution in [0.15, 0.2) is 71.9 Å². The molecule has 2 N–H and O–H groups in total. The fourth-order valence-electron chi connectivity index (χ4n) is 3.03. The monoisotopic (exact) mass is 404 g/mol. The van der Waals surface area contributed by atoms with E-state index in [0.717, 1.165) is 27.8 Å². The topological polar surface area (TPSA) is 79.9 Å². The van der Waals surface area contributed by atoms with Crippen molar-refractivity contribution in [2.45, 2.75) is 12.1 Å². The molecular formula is C22H20N4O2S. The lowest BCUT2D eigenvalue weighted by Crippen LogP contribution is -2.14. The Morgan fingerprint density at radius 2 is 1.86 bits per heavy atom. The third-order valence-electron chi connectivity index (χ3n) is 4.30. The van der Waals surface area contributed by atoms with Gasteiger partial charge in [-0.15, -0.1) is 5.10 Å². The molecular weight excluding hydrogens is 384 g/mol. The van der Waals surface area contributed by atoms with Crippen molar-refractivity contribution < 1.29 is 9.53 Å². The number of hydrogen-bond acceptors (Lipinski definition) is 5. The van der Waals surface area contributed by atoms with Gasteiger partial charge in [0.05, 0.1) is 17.9 Å². The van der Waals surface area contributed by atoms with Crippen LogP contribution < -0.4 is 10.1 Å². The average Bonchev–Trinajstić information content (AvgIpc) is 3.22. The maximum absolute atomic E-state index is 12.4. The molecule has 0 aliphatic rings. The van der Waals surface area contributed by atoms with Crippen molar-refractivity contribution >= 4 is 34.1 Å². The molecule has 1 heterocycles. The Morgan fingerprint density at radius 1 is 1.07 bits per heavy atom. The van der Waals surface area contributed by atoms with Gasteiger partial charge in [-0.25, -0.2) is 4.98 Å². The maximum Gasteiger partial charge on any atom is 0.234 e. The molecule has 0 radical (unpaired) electrons. The van der Waals surface area contributed by atoms with E-state index in [1.165, 1.54) is 11.8 Å². The van der Waals surface area contributed by atoms with Crippen LogP contribution in [0.5, 0.6) is 5.75 Å². The van der Waals surface area contributed by atoms with Gasteiger partial charge in [0.25, 0.3) is 0 Å². The first-order valence-electron chi connectivity index (χ1n) is 9.29. The zero-order chi connectivity index (χ0) is 20.1. The molecule has 3 aromatic carbocycles. The lowest BCUT2D eigenvalue weighted by molar-refractivity contribution is -0.113. The third kappa shape index (κ3) is 4.41. The van der Waals surface area contributed by atoms with E-state index in [1.807, 2.05) is 73.7 Å². The van der Waals surface area contributed by atoms with Crippen LogP contribution in [0.4, 0.5) is 5.69 Å². The second-order valence-corrected chi connectivity index (χ2v) is 7.20. The largest absolute Gasteiger partial charge is 0.493 e. The Balaban J connectivity index is 1.42. The minimum atomic E-state index is -0.104. The zero-order valence-corrected chi connectivity index (χ0v) is 16.7. The van der Waals surface area contributed by atoms with Gasteiger partial charge in [0, 0.05) is 11.1 Å². The number of fused-ring (bicyclic) bond motifs is 1. The summed E-state index contributed by atoms with van der Waals surface area (Å²) in [5.41, 5.74) is 1.64. The number of carbonyl (C=O) groups excluding carboxylic acids is 1. The summed E-state index contributed by atoms with van der Waals surface area (Å²) in [4.78, 5) is 16.9. The number of aromatic amines is 1. The summed E-state index contributed by atoms with van der Waals surface area (Å²) in [6.07, 6.45) is 0. The molecule has 0 atom stereocenters. The number of rotatable bonds is 7. The highest BCUT2D eigenvalue weighted by molar-refractivity contribution is 7.99. The predicted octanol–water partition coefficient (Wildman–Crippen LogP) is 4.75. The van der Waals surface area contributed by atoms with Gasteiger partial charge >= 0.3 is 0 Å². The second kappa shape index (κ2) is 8.79. The summed E-state index contributed by atoms with van der Waals surface area (Å²) < 4.78 is 5.64. The van der Waals surface area contributed by atoms with Crippen molar-refractivity contribution in [3.05, 3.63) is 66.7 Å². The molecule has 1 amide bonds. The molecule has 6 nitrogen and oxygen atoms in total. The number of nitrogens with zero attached hydrogens (tertiary/aromatic N) is 2. The van der Waals surface area contributed by atoms with Gasteiger partial charge < -0.3 is 10.1 Å². The first-order chi connectivity index (χ1) is 14.2. The SMILES string of the molecule is CCOc1ccccc1-c1nc(SCC(=O)Nc2cccc3ccccc23)n[nH]1. The molecule has 146 valence electrons. The van der Waals surface area contributed by atoms with Crippen molar-refractivity contribution in [3.8, 4) is 17.1 Å². The van der Waals surface area contributed by atoms with E-state index >= 15 is 0 Å². The summed E-state index contributed by atoms with van der Waals surface area (Å²) in [6, 6.07) is 21.5. The molecule has 0 unspecified atom stereocenters. The molecule has 0 fully saturated rings. The standard InChI is InChI=1S/C22H20N4O2S/c1-2-28-19-13-6-5-11-17(19)21-24-22(26-25-21)29-14-20(27)23-18-12-7-9-15-8-3-4-10-16(15)18/h3-13H,2,14H2,1H3,(H,23,27)(H,24,25,26). The minimum Gasteiger partial charge on any atom is -0.493 e. The van der Waals surface area contributed by atoms with Crippen molar-refractivity contribution in [2.75, 3.05) is 17.7 Å². The molecule has 4 rings (SSSR count). The highest BCUT2D eigenvalue weighted by Crippen LogP contribution is 2.28. The molecule has 0 bridgehead atoms. The summed E-state index contributed by atoms with van der Waals surface area (Å²) in [6.45, 7) is 2.51. The number of para-hydroxylation sites is 1. The Bertz CT molecular complexity index is 1140. The number of ether oxygens (including phenoxy) is 1. The van der Waals surface area contributed by atoms with E-state index in [0.29, 0.717) is 17.6 Å². The minimum absolute atomic E-state index is 0.104. The van der Waals surface area contributed by atoms with Gasteiger partial charge in [-0.3, -0.25) is 9.89 Å². The summed E-state index contributed by atoms with van der Waals surface area (Å²) >= 11 is 1.28. The van der Waals surface area contributed by atoms with E-state index in [2.05, 4.69) is 20.5 Å². The van der Waals surface area contributed by atoms with Crippen LogP contribution in [0.1, 0.15) is 6.92 Å². The van der Waals surface area contributed by atoms with Gasteiger partial charge in [-0.05, 0) is 30.5 Å². The molecule has 29 heavy (non-hydrogen) atoms. The maximum atomic E-state index is 12.4. The summed E-state index contributed by atoms with van der Waals surface area (Å²) in [5, 5.41) is 12.7. The van der Waals surface area contributed by atoms with Crippen molar-refractivity contribution in [1.29, 1.82) is 0 Å². The van der Waals surface area contributed by atoms with E-state index < -0.39 is 0 Å². The van der Waals surface area contributed by atoms with Gasteiger partial charge in [-0.1, -0.05) is 60.3 Å². The van der Waals surface area contributed by atoms with Crippen LogP contribution in [-0.4, -0.2) is 33.4 Å². The lowest BCUT2D eigenvalue weighted by atomic mass is 10.1. The predicted molar refractivity (Wildman–Crippen MR) is 116 cm³/mol. The molecule has 1 aromatic heterocycles. The van der Waals surface area contributed by atoms with Crippen LogP contribution in [0.3, 0.4) is 0 Å². The third-order valence-corrected chi connectivity index (χ3v) is 5.15. The van der Waals surface area contributed by atoms with Crippen LogP contribution in [0, 0.1) is 0 Å². The number of hydrogen-bond donors (Lipinski definition) is 2. The highest BCUT2D eigenvalue weighted by Gasteiger charge is 2.13. The molecule has 0 saturated heterocycles. The fourth-order valence-corrected chi connectivity index (χ4v) is 3.62. The Hall–Kier alpha value is -3.32. The normalized spacial score (nSPS) is 10.8. The van der Waals surface area contributed by atoms with Gasteiger partial charge in [0.15, 0.2) is 5.82 Å². The zero-order valence-electron chi connectivity index (χ0n) is 15.9. The summed E-state index contributed by atoms with van der Waals surface area (Å²) in [7, 11) is 0. The fraction of sp³-hybridized carbons (Fsp3) is 0.136. The number of benzene rings is 3. The summed E-state index contributed by atoms with van der Waals surface area (Å²) in [5.74, 6) is 1.47. The lowest BCUT2D eigenvalue weighted by Gasteiger charge is -2.08. The van der Waals surface area contributed by atoms with Crippen molar-refractivity contribution in [2.24, 2.45) is 0 Å². The van der Waals surface area contributed by atoms with E-state index in [4.69, 9.17) is 4.74 Å². The van der Waals surface area contributed by atoms with E-state index in [-0.39, 0.29) is 11.7 Å². The van der Waals surface area contributed by atoms with E-state index in [9.17, 15) is 4.79 Å². The molecule has 0 aliphatic carbocycles. The van der Waals surface area contributed by atoms with Crippen LogP contribution >= 0.6 is 11.8 Å². The Labute approximate surface area is 172 Å². The molecule has 4 aromatic rings. The second-order valence-electron chi connectivity index (χ2n) is 6.26. The van der Waals surface area contributed by atoms with Crippen LogP contribution in [0.2, 0.25) is 0 Å². The van der Waals surface area contributed by atoms with Gasteiger partial charge in [-0.2, -0.15) is 0 Å². The van der Waals surface area contributed by atoms with Crippen molar-refractivity contribution in [3.63, 3.8) is 0 Å². The number of nitrogens with one attached hydrogen (secondary N) is 2. The molecule has 0 saturated carbocycles. The number of amides is 1. The number of carbonyl (C=O) groups is 1. The van der Waals surface area contributed by atoms with Gasteiger partial charge in [0.1, 0.15) is 5.75 Å². The first kappa shape index (κ1) is 19.0. The first-order valence-corrected chi connectivity index (χ1v) is 10.3. The Morgan fingerprint density at radius 3 is 2.76 bits per heavy atom. The average molecular weight is 404 g/mol.